The summed E-state index contributed by atoms with van der Waals surface area (Å²) in [7, 11) is 1.66. The van der Waals surface area contributed by atoms with E-state index in [1.54, 1.807) is 19.5 Å². The third-order valence-corrected chi connectivity index (χ3v) is 4.06. The smallest absolute Gasteiger partial charge is 0.191 e. The Kier molecular flexibility index (Phi) is 10.2. The highest BCUT2D eigenvalue weighted by atomic mass is 16.5. The van der Waals surface area contributed by atoms with Crippen LogP contribution in [0.4, 0.5) is 0 Å². The molecule has 1 heterocycles. The molecule has 7 nitrogen and oxygen atoms in total. The van der Waals surface area contributed by atoms with Gasteiger partial charge in [-0.2, -0.15) is 0 Å². The quantitative estimate of drug-likeness (QED) is 0.324. The van der Waals surface area contributed by atoms with Gasteiger partial charge in [0.1, 0.15) is 12.4 Å². The van der Waals surface area contributed by atoms with Gasteiger partial charge in [-0.3, -0.25) is 9.98 Å². The molecule has 7 heteroatoms. The van der Waals surface area contributed by atoms with Crippen molar-refractivity contribution >= 4 is 5.96 Å². The zero-order chi connectivity index (χ0) is 20.7. The molecule has 0 bridgehead atoms. The molecule has 0 aliphatic carbocycles. The molecule has 0 unspecified atom stereocenters. The molecule has 2 N–H and O–H groups in total. The van der Waals surface area contributed by atoms with Crippen LogP contribution in [-0.2, 0) is 6.42 Å². The van der Waals surface area contributed by atoms with Crippen LogP contribution in [0.3, 0.4) is 0 Å². The van der Waals surface area contributed by atoms with Crippen LogP contribution in [0.25, 0.3) is 0 Å². The fourth-order valence-corrected chi connectivity index (χ4v) is 2.73. The molecule has 0 aliphatic heterocycles. The summed E-state index contributed by atoms with van der Waals surface area (Å²) in [6.45, 7) is 7.39. The summed E-state index contributed by atoms with van der Waals surface area (Å²) in [5.41, 5.74) is 1.22. The van der Waals surface area contributed by atoms with Crippen molar-refractivity contribution in [3.63, 3.8) is 0 Å². The second-order valence-electron chi connectivity index (χ2n) is 6.25. The number of rotatable bonds is 12. The summed E-state index contributed by atoms with van der Waals surface area (Å²) in [6, 6.07) is 9.82. The lowest BCUT2D eigenvalue weighted by Gasteiger charge is -2.12. The zero-order valence-corrected chi connectivity index (χ0v) is 17.6. The van der Waals surface area contributed by atoms with Gasteiger partial charge in [0.05, 0.1) is 26.5 Å². The van der Waals surface area contributed by atoms with E-state index in [4.69, 9.17) is 14.2 Å². The normalized spacial score (nSPS) is 11.1. The number of aryl methyl sites for hydroxylation is 1. The molecule has 158 valence electrons. The molecule has 1 aromatic carbocycles. The monoisotopic (exact) mass is 400 g/mol. The van der Waals surface area contributed by atoms with Crippen molar-refractivity contribution in [3.05, 3.63) is 48.3 Å². The lowest BCUT2D eigenvalue weighted by Crippen LogP contribution is -2.39. The minimum atomic E-state index is 0.544. The van der Waals surface area contributed by atoms with Crippen molar-refractivity contribution in [1.29, 1.82) is 0 Å². The first-order valence-electron chi connectivity index (χ1n) is 10.1. The van der Waals surface area contributed by atoms with Crippen LogP contribution in [0, 0.1) is 0 Å². The van der Waals surface area contributed by atoms with Crippen molar-refractivity contribution in [1.82, 2.24) is 15.6 Å². The highest BCUT2D eigenvalue weighted by Crippen LogP contribution is 2.28. The molecule has 0 saturated heterocycles. The predicted octanol–water partition coefficient (Wildman–Crippen LogP) is 3.06. The van der Waals surface area contributed by atoms with Crippen LogP contribution < -0.4 is 24.8 Å². The Hall–Kier alpha value is -2.96. The molecule has 0 saturated carbocycles. The Morgan fingerprint density at radius 1 is 1.10 bits per heavy atom. The van der Waals surface area contributed by atoms with E-state index >= 15 is 0 Å². The Morgan fingerprint density at radius 2 is 2.00 bits per heavy atom. The second kappa shape index (κ2) is 13.3. The zero-order valence-electron chi connectivity index (χ0n) is 17.6. The lowest BCUT2D eigenvalue weighted by molar-refractivity contribution is 0.310. The topological polar surface area (TPSA) is 77.0 Å². The molecule has 0 radical (unpaired) electrons. The van der Waals surface area contributed by atoms with Crippen molar-refractivity contribution in [2.24, 2.45) is 4.99 Å². The Bertz CT molecular complexity index is 738. The highest BCUT2D eigenvalue weighted by molar-refractivity contribution is 5.79. The van der Waals surface area contributed by atoms with Gasteiger partial charge in [0, 0.05) is 19.3 Å². The Balaban J connectivity index is 1.75. The van der Waals surface area contributed by atoms with Crippen LogP contribution in [0.15, 0.2) is 47.7 Å². The van der Waals surface area contributed by atoms with Gasteiger partial charge in [0.15, 0.2) is 17.5 Å². The summed E-state index contributed by atoms with van der Waals surface area (Å²) in [5.74, 6) is 3.12. The van der Waals surface area contributed by atoms with Gasteiger partial charge in [0.25, 0.3) is 0 Å². The second-order valence-corrected chi connectivity index (χ2v) is 6.25. The van der Waals surface area contributed by atoms with Gasteiger partial charge >= 0.3 is 0 Å². The Morgan fingerprint density at radius 3 is 2.72 bits per heavy atom. The summed E-state index contributed by atoms with van der Waals surface area (Å²) < 4.78 is 16.6. The van der Waals surface area contributed by atoms with Gasteiger partial charge < -0.3 is 24.8 Å². The van der Waals surface area contributed by atoms with Crippen LogP contribution in [0.2, 0.25) is 0 Å². The van der Waals surface area contributed by atoms with Crippen LogP contribution in [0.5, 0.6) is 17.2 Å². The third kappa shape index (κ3) is 8.29. The first kappa shape index (κ1) is 22.3. The number of benzene rings is 1. The molecule has 0 aliphatic rings. The van der Waals surface area contributed by atoms with E-state index in [0.717, 1.165) is 49.1 Å². The van der Waals surface area contributed by atoms with E-state index in [1.165, 1.54) is 5.56 Å². The standard InChI is InChI=1S/C22H32N4O3/c1-4-24-22(26-14-15-29-19-9-7-12-23-17-19)25-13-6-8-18-10-11-20(27-3)21(16-18)28-5-2/h7,9-12,16-17H,4-6,8,13-15H2,1-3H3,(H2,24,25,26). The highest BCUT2D eigenvalue weighted by Gasteiger charge is 2.05. The number of ether oxygens (including phenoxy) is 3. The van der Waals surface area contributed by atoms with Gasteiger partial charge in [-0.1, -0.05) is 6.07 Å². The molecule has 0 atom stereocenters. The third-order valence-electron chi connectivity index (χ3n) is 4.06. The van der Waals surface area contributed by atoms with Crippen molar-refractivity contribution in [3.8, 4) is 17.2 Å². The number of methoxy groups -OCH3 is 1. The van der Waals surface area contributed by atoms with E-state index in [0.29, 0.717) is 19.8 Å². The van der Waals surface area contributed by atoms with Gasteiger partial charge in [-0.15, -0.1) is 0 Å². The van der Waals surface area contributed by atoms with E-state index in [1.807, 2.05) is 31.2 Å². The molecule has 29 heavy (non-hydrogen) atoms. The van der Waals surface area contributed by atoms with E-state index < -0.39 is 0 Å². The van der Waals surface area contributed by atoms with Gasteiger partial charge in [-0.25, -0.2) is 0 Å². The lowest BCUT2D eigenvalue weighted by atomic mass is 10.1. The molecular weight excluding hydrogens is 368 g/mol. The molecule has 0 fully saturated rings. The predicted molar refractivity (Wildman–Crippen MR) is 116 cm³/mol. The molecule has 0 amide bonds. The summed E-state index contributed by atoms with van der Waals surface area (Å²) in [4.78, 5) is 8.67. The summed E-state index contributed by atoms with van der Waals surface area (Å²) in [6.07, 6.45) is 5.30. The Labute approximate surface area is 173 Å². The number of hydrogen-bond acceptors (Lipinski definition) is 5. The molecule has 1 aromatic heterocycles. The van der Waals surface area contributed by atoms with E-state index in [2.05, 4.69) is 33.6 Å². The maximum atomic E-state index is 5.64. The fraction of sp³-hybridized carbons (Fsp3) is 0.455. The largest absolute Gasteiger partial charge is 0.493 e. The number of nitrogens with zero attached hydrogens (tertiary/aromatic N) is 2. The minimum Gasteiger partial charge on any atom is -0.493 e. The van der Waals surface area contributed by atoms with Crippen molar-refractivity contribution in [2.45, 2.75) is 26.7 Å². The van der Waals surface area contributed by atoms with Crippen molar-refractivity contribution < 1.29 is 14.2 Å². The number of aliphatic imine (C=N–C) groups is 1. The van der Waals surface area contributed by atoms with Crippen LogP contribution >= 0.6 is 0 Å². The van der Waals surface area contributed by atoms with E-state index in [9.17, 15) is 0 Å². The number of pyridine rings is 1. The molecule has 0 spiro atoms. The molecule has 2 rings (SSSR count). The number of hydrogen-bond donors (Lipinski definition) is 2. The van der Waals surface area contributed by atoms with E-state index in [-0.39, 0.29) is 0 Å². The summed E-state index contributed by atoms with van der Waals surface area (Å²) in [5, 5.41) is 6.54. The fourth-order valence-electron chi connectivity index (χ4n) is 2.73. The maximum Gasteiger partial charge on any atom is 0.191 e. The summed E-state index contributed by atoms with van der Waals surface area (Å²) >= 11 is 0. The van der Waals surface area contributed by atoms with Crippen LogP contribution in [0.1, 0.15) is 25.8 Å². The number of guanidine groups is 1. The number of aromatic nitrogens is 1. The first-order valence-corrected chi connectivity index (χ1v) is 10.1. The average molecular weight is 401 g/mol. The average Bonchev–Trinajstić information content (AvgIpc) is 2.75. The SMILES string of the molecule is CCNC(=NCCCc1ccc(OC)c(OCC)c1)NCCOc1cccnc1. The first-order chi connectivity index (χ1) is 14.3. The molecular formula is C22H32N4O3. The number of nitrogens with one attached hydrogen (secondary N) is 2. The van der Waals surface area contributed by atoms with Gasteiger partial charge in [0.2, 0.25) is 0 Å². The maximum absolute atomic E-state index is 5.64. The van der Waals surface area contributed by atoms with Crippen molar-refractivity contribution in [2.75, 3.05) is 40.0 Å². The molecule has 2 aromatic rings. The minimum absolute atomic E-state index is 0.544. The van der Waals surface area contributed by atoms with Gasteiger partial charge in [-0.05, 0) is 56.5 Å². The van der Waals surface area contributed by atoms with Crippen LogP contribution in [-0.4, -0.2) is 50.9 Å².